The molecule has 4 rings (SSSR count). The fraction of sp³-hybridized carbons (Fsp3) is 0.381. The van der Waals surface area contributed by atoms with Crippen molar-refractivity contribution in [3.8, 4) is 5.69 Å². The zero-order valence-electron chi connectivity index (χ0n) is 16.6. The summed E-state index contributed by atoms with van der Waals surface area (Å²) in [7, 11) is 0. The molecule has 1 fully saturated rings. The Kier molecular flexibility index (Phi) is 4.86. The predicted octanol–water partition coefficient (Wildman–Crippen LogP) is 4.21. The van der Waals surface area contributed by atoms with E-state index in [2.05, 4.69) is 0 Å². The van der Waals surface area contributed by atoms with Gasteiger partial charge in [0.05, 0.1) is 16.8 Å². The van der Waals surface area contributed by atoms with Crippen molar-refractivity contribution in [2.24, 2.45) is 0 Å². The van der Waals surface area contributed by atoms with Crippen LogP contribution in [0.25, 0.3) is 11.2 Å². The summed E-state index contributed by atoms with van der Waals surface area (Å²) in [6, 6.07) is 10.5. The average Bonchev–Trinajstić information content (AvgIpc) is 3.28. The minimum Gasteiger partial charge on any atom is -0.444 e. The van der Waals surface area contributed by atoms with E-state index in [1.165, 1.54) is 4.52 Å². The number of amides is 1. The number of hydrogen-bond acceptors (Lipinski definition) is 4. The zero-order valence-corrected chi connectivity index (χ0v) is 17.4. The lowest BCUT2D eigenvalue weighted by Gasteiger charge is -2.29. The third kappa shape index (κ3) is 3.62. The van der Waals surface area contributed by atoms with Gasteiger partial charge in [-0.2, -0.15) is 5.10 Å². The number of aromatic nitrogens is 3. The van der Waals surface area contributed by atoms with Crippen LogP contribution >= 0.6 is 11.6 Å². The van der Waals surface area contributed by atoms with Gasteiger partial charge < -0.3 is 4.74 Å². The van der Waals surface area contributed by atoms with Crippen LogP contribution in [-0.4, -0.2) is 37.3 Å². The second kappa shape index (κ2) is 7.22. The zero-order chi connectivity index (χ0) is 20.8. The summed E-state index contributed by atoms with van der Waals surface area (Å²) in [5, 5.41) is 5.03. The Morgan fingerprint density at radius 1 is 1.21 bits per heavy atom. The molecule has 3 heterocycles. The lowest BCUT2D eigenvalue weighted by atomic mass is 10.2. The third-order valence-corrected chi connectivity index (χ3v) is 5.16. The van der Waals surface area contributed by atoms with Gasteiger partial charge in [-0.05, 0) is 51.8 Å². The number of benzene rings is 1. The van der Waals surface area contributed by atoms with Gasteiger partial charge in [0.1, 0.15) is 11.1 Å². The molecular formula is C21H23ClN4O3. The van der Waals surface area contributed by atoms with E-state index < -0.39 is 11.7 Å². The fourth-order valence-electron chi connectivity index (χ4n) is 3.66. The second-order valence-electron chi connectivity index (χ2n) is 8.12. The van der Waals surface area contributed by atoms with Crippen molar-refractivity contribution in [1.29, 1.82) is 0 Å². The minimum atomic E-state index is -0.603. The summed E-state index contributed by atoms with van der Waals surface area (Å²) < 4.78 is 8.63. The fourth-order valence-corrected chi connectivity index (χ4v) is 3.89. The van der Waals surface area contributed by atoms with Crippen molar-refractivity contribution in [3.63, 3.8) is 0 Å². The number of likely N-dealkylation sites (tertiary alicyclic amines) is 1. The van der Waals surface area contributed by atoms with Crippen LogP contribution < -0.4 is 5.56 Å². The van der Waals surface area contributed by atoms with Crippen LogP contribution in [0.5, 0.6) is 0 Å². The summed E-state index contributed by atoms with van der Waals surface area (Å²) in [4.78, 5) is 27.8. The van der Waals surface area contributed by atoms with E-state index in [0.29, 0.717) is 35.0 Å². The smallest absolute Gasteiger partial charge is 0.410 e. The highest BCUT2D eigenvalue weighted by molar-refractivity contribution is 6.33. The molecule has 1 aromatic carbocycles. The Morgan fingerprint density at radius 3 is 2.62 bits per heavy atom. The molecule has 1 aliphatic rings. The third-order valence-electron chi connectivity index (χ3n) is 4.86. The maximum Gasteiger partial charge on any atom is 0.410 e. The van der Waals surface area contributed by atoms with Crippen molar-refractivity contribution in [3.05, 3.63) is 63.8 Å². The molecule has 0 saturated carbocycles. The van der Waals surface area contributed by atoms with Crippen molar-refractivity contribution in [1.82, 2.24) is 19.1 Å². The lowest BCUT2D eigenvalue weighted by molar-refractivity contribution is 0.0215. The number of halogens is 1. The lowest BCUT2D eigenvalue weighted by Crippen LogP contribution is -2.39. The Balaban J connectivity index is 1.89. The molecule has 3 aromatic rings. The Morgan fingerprint density at radius 2 is 1.93 bits per heavy atom. The van der Waals surface area contributed by atoms with E-state index >= 15 is 0 Å². The summed E-state index contributed by atoms with van der Waals surface area (Å²) >= 11 is 6.24. The summed E-state index contributed by atoms with van der Waals surface area (Å²) in [5.41, 5.74) is 0.110. The maximum atomic E-state index is 13.4. The summed E-state index contributed by atoms with van der Waals surface area (Å²) in [6.07, 6.45) is 2.75. The van der Waals surface area contributed by atoms with Crippen molar-refractivity contribution in [2.45, 2.75) is 45.3 Å². The van der Waals surface area contributed by atoms with Gasteiger partial charge in [0.15, 0.2) is 5.82 Å². The molecular weight excluding hydrogens is 392 g/mol. The average molecular weight is 415 g/mol. The first-order valence-corrected chi connectivity index (χ1v) is 9.99. The van der Waals surface area contributed by atoms with Crippen LogP contribution in [0.1, 0.15) is 45.5 Å². The molecule has 1 aliphatic heterocycles. The molecule has 0 unspecified atom stereocenters. The molecule has 0 spiro atoms. The molecule has 29 heavy (non-hydrogen) atoms. The van der Waals surface area contributed by atoms with Gasteiger partial charge in [-0.3, -0.25) is 14.3 Å². The van der Waals surface area contributed by atoms with E-state index in [1.54, 1.807) is 21.7 Å². The van der Waals surface area contributed by atoms with E-state index in [0.717, 1.165) is 6.42 Å². The normalized spacial score (nSPS) is 17.1. The number of carbonyl (C=O) groups excluding carboxylic acids is 1. The molecule has 0 bridgehead atoms. The topological polar surface area (TPSA) is 68.8 Å². The van der Waals surface area contributed by atoms with Crippen LogP contribution in [0.15, 0.2) is 47.4 Å². The van der Waals surface area contributed by atoms with Crippen LogP contribution in [0.2, 0.25) is 5.02 Å². The molecule has 1 saturated heterocycles. The first-order valence-electron chi connectivity index (χ1n) is 9.61. The van der Waals surface area contributed by atoms with Gasteiger partial charge in [0.2, 0.25) is 0 Å². The molecule has 1 atom stereocenters. The molecule has 2 aromatic heterocycles. The Bertz CT molecular complexity index is 1110. The molecule has 1 amide bonds. The monoisotopic (exact) mass is 414 g/mol. The Labute approximate surface area is 173 Å². The predicted molar refractivity (Wildman–Crippen MR) is 111 cm³/mol. The highest BCUT2D eigenvalue weighted by Crippen LogP contribution is 2.33. The number of fused-ring (bicyclic) bond motifs is 1. The number of rotatable bonds is 2. The van der Waals surface area contributed by atoms with Crippen molar-refractivity contribution < 1.29 is 9.53 Å². The minimum absolute atomic E-state index is 0.271. The number of para-hydroxylation sites is 1. The van der Waals surface area contributed by atoms with E-state index in [1.807, 2.05) is 51.1 Å². The first-order chi connectivity index (χ1) is 13.8. The van der Waals surface area contributed by atoms with Gasteiger partial charge in [0, 0.05) is 12.7 Å². The molecule has 152 valence electrons. The molecule has 0 N–H and O–H groups in total. The largest absolute Gasteiger partial charge is 0.444 e. The van der Waals surface area contributed by atoms with Gasteiger partial charge in [-0.15, -0.1) is 0 Å². The Hall–Kier alpha value is -2.80. The van der Waals surface area contributed by atoms with Gasteiger partial charge in [-0.1, -0.05) is 29.8 Å². The summed E-state index contributed by atoms with van der Waals surface area (Å²) in [6.45, 7) is 6.06. The van der Waals surface area contributed by atoms with Gasteiger partial charge >= 0.3 is 6.09 Å². The van der Waals surface area contributed by atoms with Crippen molar-refractivity contribution in [2.75, 3.05) is 6.54 Å². The molecule has 7 nitrogen and oxygen atoms in total. The van der Waals surface area contributed by atoms with E-state index in [4.69, 9.17) is 21.4 Å². The molecule has 0 radical (unpaired) electrons. The van der Waals surface area contributed by atoms with Gasteiger partial charge in [0.25, 0.3) is 5.56 Å². The number of nitrogens with zero attached hydrogens (tertiary/aromatic N) is 4. The molecule has 0 aliphatic carbocycles. The standard InChI is InChI=1S/C21H23ClN4O3/c1-21(2,3)29-20(28)24-12-7-10-16(24)18-23-25-13-11-15(22)17(25)19(27)26(18)14-8-5-4-6-9-14/h4-6,8-9,11,13,16H,7,10,12H2,1-3H3/t16-/m0/s1. The SMILES string of the molecule is CC(C)(C)OC(=O)N1CCC[C@H]1c1nn2ccc(Cl)c2c(=O)n1-c1ccccc1. The first kappa shape index (κ1) is 19.5. The molecule has 8 heteroatoms. The van der Waals surface area contributed by atoms with Crippen LogP contribution in [0, 0.1) is 0 Å². The maximum absolute atomic E-state index is 13.4. The highest BCUT2D eigenvalue weighted by Gasteiger charge is 2.36. The number of hydrogen-bond donors (Lipinski definition) is 0. The van der Waals surface area contributed by atoms with E-state index in [9.17, 15) is 9.59 Å². The number of carbonyl (C=O) groups is 1. The van der Waals surface area contributed by atoms with Crippen molar-refractivity contribution >= 4 is 23.2 Å². The number of ether oxygens (including phenoxy) is 1. The van der Waals surface area contributed by atoms with Crippen LogP contribution in [-0.2, 0) is 4.74 Å². The highest BCUT2D eigenvalue weighted by atomic mass is 35.5. The quantitative estimate of drug-likeness (QED) is 0.629. The van der Waals surface area contributed by atoms with Crippen LogP contribution in [0.3, 0.4) is 0 Å². The van der Waals surface area contributed by atoms with E-state index in [-0.39, 0.29) is 11.6 Å². The summed E-state index contributed by atoms with van der Waals surface area (Å²) in [5.74, 6) is 0.490. The second-order valence-corrected chi connectivity index (χ2v) is 8.53. The van der Waals surface area contributed by atoms with Gasteiger partial charge in [-0.25, -0.2) is 9.31 Å². The van der Waals surface area contributed by atoms with Crippen LogP contribution in [0.4, 0.5) is 4.79 Å².